The second-order valence-electron chi connectivity index (χ2n) is 3.33. The van der Waals surface area contributed by atoms with Crippen molar-refractivity contribution < 1.29 is 13.5 Å². The summed E-state index contributed by atoms with van der Waals surface area (Å²) < 4.78 is 31.2. The summed E-state index contributed by atoms with van der Waals surface area (Å²) in [6, 6.07) is 7.13. The molecule has 0 amide bonds. The van der Waals surface area contributed by atoms with E-state index in [1.807, 2.05) is 6.92 Å². The van der Waals surface area contributed by atoms with E-state index in [2.05, 4.69) is 4.98 Å². The molecule has 0 aliphatic heterocycles. The van der Waals surface area contributed by atoms with Crippen molar-refractivity contribution in [1.82, 2.24) is 4.98 Å². The van der Waals surface area contributed by atoms with Crippen molar-refractivity contribution in [3.8, 4) is 11.6 Å². The summed E-state index contributed by atoms with van der Waals surface area (Å²) in [6.07, 6.45) is 1.59. The van der Waals surface area contributed by atoms with Crippen LogP contribution in [0.25, 0.3) is 0 Å². The molecule has 2 nitrogen and oxygen atoms in total. The molecule has 2 aromatic rings. The highest BCUT2D eigenvalue weighted by molar-refractivity contribution is 5.29. The standard InChI is InChI=1S/C12H9F2NO/c1-8-5-6-11(15-7-8)16-10-4-2-3-9(13)12(10)14/h2-7H,1H3. The highest BCUT2D eigenvalue weighted by Gasteiger charge is 2.09. The second-order valence-corrected chi connectivity index (χ2v) is 3.33. The molecular formula is C12H9F2NO. The second kappa shape index (κ2) is 4.26. The number of nitrogens with zero attached hydrogens (tertiary/aromatic N) is 1. The van der Waals surface area contributed by atoms with Crippen molar-refractivity contribution in [2.24, 2.45) is 0 Å². The van der Waals surface area contributed by atoms with E-state index in [9.17, 15) is 8.78 Å². The van der Waals surface area contributed by atoms with E-state index in [-0.39, 0.29) is 11.6 Å². The smallest absolute Gasteiger partial charge is 0.219 e. The maximum atomic E-state index is 13.2. The van der Waals surface area contributed by atoms with E-state index < -0.39 is 11.6 Å². The van der Waals surface area contributed by atoms with Crippen molar-refractivity contribution in [2.75, 3.05) is 0 Å². The Bertz CT molecular complexity index is 497. The van der Waals surface area contributed by atoms with Crippen LogP contribution in [0.4, 0.5) is 8.78 Å². The Morgan fingerprint density at radius 1 is 1.12 bits per heavy atom. The molecule has 82 valence electrons. The Hall–Kier alpha value is -1.97. The van der Waals surface area contributed by atoms with E-state index in [1.165, 1.54) is 12.1 Å². The number of ether oxygens (including phenoxy) is 1. The van der Waals surface area contributed by atoms with Gasteiger partial charge in [0.1, 0.15) is 0 Å². The third kappa shape index (κ3) is 2.16. The van der Waals surface area contributed by atoms with Crippen LogP contribution in [0.2, 0.25) is 0 Å². The van der Waals surface area contributed by atoms with Crippen LogP contribution in [-0.2, 0) is 0 Å². The minimum Gasteiger partial charge on any atom is -0.436 e. The SMILES string of the molecule is Cc1ccc(Oc2cccc(F)c2F)nc1. The molecule has 4 heteroatoms. The first kappa shape index (κ1) is 10.5. The maximum Gasteiger partial charge on any atom is 0.219 e. The van der Waals surface area contributed by atoms with E-state index in [4.69, 9.17) is 4.74 Å². The van der Waals surface area contributed by atoms with Gasteiger partial charge >= 0.3 is 0 Å². The van der Waals surface area contributed by atoms with Crippen LogP contribution in [0, 0.1) is 18.6 Å². The van der Waals surface area contributed by atoms with Gasteiger partial charge in [-0.25, -0.2) is 9.37 Å². The van der Waals surface area contributed by atoms with Crippen molar-refractivity contribution in [2.45, 2.75) is 6.92 Å². The summed E-state index contributed by atoms with van der Waals surface area (Å²) >= 11 is 0. The summed E-state index contributed by atoms with van der Waals surface area (Å²) in [4.78, 5) is 3.93. The Labute approximate surface area is 91.5 Å². The lowest BCUT2D eigenvalue weighted by atomic mass is 10.3. The van der Waals surface area contributed by atoms with E-state index in [0.717, 1.165) is 11.6 Å². The number of rotatable bonds is 2. The fourth-order valence-electron chi connectivity index (χ4n) is 1.19. The molecule has 1 aromatic heterocycles. The molecule has 0 atom stereocenters. The quantitative estimate of drug-likeness (QED) is 0.774. The highest BCUT2D eigenvalue weighted by Crippen LogP contribution is 2.24. The first-order valence-corrected chi connectivity index (χ1v) is 4.71. The molecule has 1 aromatic carbocycles. The molecule has 0 aliphatic carbocycles. The van der Waals surface area contributed by atoms with Gasteiger partial charge in [-0.15, -0.1) is 0 Å². The molecule has 2 rings (SSSR count). The highest BCUT2D eigenvalue weighted by atomic mass is 19.2. The minimum atomic E-state index is -1.01. The number of benzene rings is 1. The fraction of sp³-hybridized carbons (Fsp3) is 0.0833. The predicted octanol–water partition coefficient (Wildman–Crippen LogP) is 3.46. The normalized spacial score (nSPS) is 10.2. The van der Waals surface area contributed by atoms with Crippen molar-refractivity contribution in [1.29, 1.82) is 0 Å². The van der Waals surface area contributed by atoms with Crippen molar-refractivity contribution in [3.05, 3.63) is 53.7 Å². The fourth-order valence-corrected chi connectivity index (χ4v) is 1.19. The van der Waals surface area contributed by atoms with Gasteiger partial charge in [0.15, 0.2) is 11.6 Å². The van der Waals surface area contributed by atoms with E-state index >= 15 is 0 Å². The zero-order chi connectivity index (χ0) is 11.5. The summed E-state index contributed by atoms with van der Waals surface area (Å²) in [5.74, 6) is -1.89. The van der Waals surface area contributed by atoms with Gasteiger partial charge in [-0.05, 0) is 24.6 Å². The number of halogens is 2. The number of aryl methyl sites for hydroxylation is 1. The third-order valence-corrected chi connectivity index (χ3v) is 2.01. The Kier molecular flexibility index (Phi) is 2.81. The molecule has 0 saturated heterocycles. The average molecular weight is 221 g/mol. The largest absolute Gasteiger partial charge is 0.436 e. The van der Waals surface area contributed by atoms with Crippen LogP contribution >= 0.6 is 0 Å². The number of pyridine rings is 1. The van der Waals surface area contributed by atoms with Gasteiger partial charge in [-0.2, -0.15) is 4.39 Å². The molecule has 0 spiro atoms. The molecule has 0 unspecified atom stereocenters. The van der Waals surface area contributed by atoms with Gasteiger partial charge in [-0.3, -0.25) is 0 Å². The number of hydrogen-bond acceptors (Lipinski definition) is 2. The van der Waals surface area contributed by atoms with Crippen LogP contribution in [0.3, 0.4) is 0 Å². The summed E-state index contributed by atoms with van der Waals surface area (Å²) in [5.41, 5.74) is 0.965. The molecular weight excluding hydrogens is 212 g/mol. The maximum absolute atomic E-state index is 13.2. The lowest BCUT2D eigenvalue weighted by molar-refractivity contribution is 0.405. The Balaban J connectivity index is 2.27. The van der Waals surface area contributed by atoms with E-state index in [0.29, 0.717) is 0 Å². The number of aromatic nitrogens is 1. The van der Waals surface area contributed by atoms with Crippen molar-refractivity contribution >= 4 is 0 Å². The predicted molar refractivity (Wildman–Crippen MR) is 55.4 cm³/mol. The zero-order valence-electron chi connectivity index (χ0n) is 8.58. The third-order valence-electron chi connectivity index (χ3n) is 2.01. The van der Waals surface area contributed by atoms with E-state index in [1.54, 1.807) is 18.3 Å². The van der Waals surface area contributed by atoms with Gasteiger partial charge in [-0.1, -0.05) is 12.1 Å². The average Bonchev–Trinajstić information content (AvgIpc) is 2.28. The summed E-state index contributed by atoms with van der Waals surface area (Å²) in [5, 5.41) is 0. The van der Waals surface area contributed by atoms with Crippen LogP contribution < -0.4 is 4.74 Å². The summed E-state index contributed by atoms with van der Waals surface area (Å²) in [6.45, 7) is 1.87. The molecule has 0 fully saturated rings. The lowest BCUT2D eigenvalue weighted by Gasteiger charge is -2.05. The van der Waals surface area contributed by atoms with Crippen LogP contribution in [0.1, 0.15) is 5.56 Å². The first-order chi connectivity index (χ1) is 7.66. The molecule has 1 heterocycles. The Morgan fingerprint density at radius 3 is 2.62 bits per heavy atom. The molecule has 16 heavy (non-hydrogen) atoms. The minimum absolute atomic E-state index is 0.170. The van der Waals surface area contributed by atoms with Gasteiger partial charge in [0, 0.05) is 12.3 Å². The molecule has 0 saturated carbocycles. The lowest BCUT2D eigenvalue weighted by Crippen LogP contribution is -1.93. The van der Waals surface area contributed by atoms with Crippen LogP contribution in [0.5, 0.6) is 11.6 Å². The van der Waals surface area contributed by atoms with Gasteiger partial charge in [0.05, 0.1) is 0 Å². The monoisotopic (exact) mass is 221 g/mol. The number of hydrogen-bond donors (Lipinski definition) is 0. The molecule has 0 aliphatic rings. The van der Waals surface area contributed by atoms with Gasteiger partial charge in [0.2, 0.25) is 11.7 Å². The Morgan fingerprint density at radius 2 is 1.94 bits per heavy atom. The molecule has 0 N–H and O–H groups in total. The van der Waals surface area contributed by atoms with Gasteiger partial charge < -0.3 is 4.74 Å². The topological polar surface area (TPSA) is 22.1 Å². The van der Waals surface area contributed by atoms with Crippen molar-refractivity contribution in [3.63, 3.8) is 0 Å². The first-order valence-electron chi connectivity index (χ1n) is 4.71. The van der Waals surface area contributed by atoms with Crippen LogP contribution in [0.15, 0.2) is 36.5 Å². The van der Waals surface area contributed by atoms with Crippen LogP contribution in [-0.4, -0.2) is 4.98 Å². The molecule has 0 bridgehead atoms. The van der Waals surface area contributed by atoms with Gasteiger partial charge in [0.25, 0.3) is 0 Å². The summed E-state index contributed by atoms with van der Waals surface area (Å²) in [7, 11) is 0. The zero-order valence-corrected chi connectivity index (χ0v) is 8.58. The molecule has 0 radical (unpaired) electrons.